The van der Waals surface area contributed by atoms with Crippen LogP contribution >= 0.6 is 0 Å². The first-order valence-corrected chi connectivity index (χ1v) is 6.70. The highest BCUT2D eigenvalue weighted by Gasteiger charge is 2.33. The summed E-state index contributed by atoms with van der Waals surface area (Å²) in [6, 6.07) is 8.16. The number of benzene rings is 1. The molecule has 1 fully saturated rings. The number of aryl methyl sites for hydroxylation is 1. The minimum Gasteiger partial charge on any atom is -0.350 e. The van der Waals surface area contributed by atoms with Crippen LogP contribution in [0.15, 0.2) is 24.3 Å². The summed E-state index contributed by atoms with van der Waals surface area (Å²) in [7, 11) is 0. The molecule has 0 aliphatic carbocycles. The van der Waals surface area contributed by atoms with E-state index in [4.69, 9.17) is 0 Å². The highest BCUT2D eigenvalue weighted by molar-refractivity contribution is 5.85. The average Bonchev–Trinajstić information content (AvgIpc) is 2.38. The van der Waals surface area contributed by atoms with Gasteiger partial charge < -0.3 is 10.6 Å². The number of carbonyl (C=O) groups excluding carboxylic acids is 1. The van der Waals surface area contributed by atoms with E-state index in [2.05, 4.69) is 29.7 Å². The summed E-state index contributed by atoms with van der Waals surface area (Å²) < 4.78 is 0. The highest BCUT2D eigenvalue weighted by Crippen LogP contribution is 2.19. The van der Waals surface area contributed by atoms with E-state index in [9.17, 15) is 4.79 Å². The Morgan fingerprint density at radius 1 is 1.39 bits per heavy atom. The Hall–Kier alpha value is -1.35. The third-order valence-corrected chi connectivity index (χ3v) is 3.82. The van der Waals surface area contributed by atoms with Crippen LogP contribution in [0.3, 0.4) is 0 Å². The summed E-state index contributed by atoms with van der Waals surface area (Å²) in [5.74, 6) is 0.116. The molecule has 1 saturated heterocycles. The van der Waals surface area contributed by atoms with E-state index in [1.807, 2.05) is 19.1 Å². The predicted molar refractivity (Wildman–Crippen MR) is 73.3 cm³/mol. The predicted octanol–water partition coefficient (Wildman–Crippen LogP) is 2.14. The first-order valence-electron chi connectivity index (χ1n) is 6.70. The molecule has 0 aromatic heterocycles. The monoisotopic (exact) mass is 246 g/mol. The first kappa shape index (κ1) is 13.1. The molecule has 1 atom stereocenters. The minimum atomic E-state index is -0.388. The standard InChI is InChI=1S/C15H22N2O/c1-12-7-3-4-8-13(12)11-16-14(18)15(2)9-5-6-10-17-15/h3-4,7-8,17H,5-6,9-11H2,1-2H3,(H,16,18). The van der Waals surface area contributed by atoms with Crippen LogP contribution in [-0.2, 0) is 11.3 Å². The SMILES string of the molecule is Cc1ccccc1CNC(=O)C1(C)CCCCN1. The molecule has 1 aliphatic rings. The second-order valence-corrected chi connectivity index (χ2v) is 5.33. The molecule has 1 unspecified atom stereocenters. The molecule has 1 amide bonds. The van der Waals surface area contributed by atoms with E-state index in [0.717, 1.165) is 19.4 Å². The lowest BCUT2D eigenvalue weighted by Gasteiger charge is -2.33. The van der Waals surface area contributed by atoms with E-state index in [-0.39, 0.29) is 11.4 Å². The Bertz CT molecular complexity index is 422. The molecule has 1 heterocycles. The number of nitrogens with one attached hydrogen (secondary N) is 2. The van der Waals surface area contributed by atoms with Crippen LogP contribution in [-0.4, -0.2) is 18.0 Å². The number of hydrogen-bond donors (Lipinski definition) is 2. The zero-order valence-corrected chi connectivity index (χ0v) is 11.3. The van der Waals surface area contributed by atoms with Gasteiger partial charge in [0, 0.05) is 6.54 Å². The van der Waals surface area contributed by atoms with Crippen LogP contribution in [0.5, 0.6) is 0 Å². The quantitative estimate of drug-likeness (QED) is 0.858. The molecule has 2 N–H and O–H groups in total. The van der Waals surface area contributed by atoms with E-state index in [1.165, 1.54) is 17.5 Å². The molecule has 0 spiro atoms. The zero-order valence-electron chi connectivity index (χ0n) is 11.3. The fourth-order valence-electron chi connectivity index (χ4n) is 2.43. The van der Waals surface area contributed by atoms with E-state index in [0.29, 0.717) is 6.54 Å². The molecule has 1 aromatic rings. The van der Waals surface area contributed by atoms with Crippen molar-refractivity contribution in [2.24, 2.45) is 0 Å². The third-order valence-electron chi connectivity index (χ3n) is 3.82. The van der Waals surface area contributed by atoms with Crippen LogP contribution in [0.25, 0.3) is 0 Å². The maximum Gasteiger partial charge on any atom is 0.240 e. The molecule has 0 bridgehead atoms. The second-order valence-electron chi connectivity index (χ2n) is 5.33. The minimum absolute atomic E-state index is 0.116. The van der Waals surface area contributed by atoms with Crippen LogP contribution in [0.1, 0.15) is 37.3 Å². The fraction of sp³-hybridized carbons (Fsp3) is 0.533. The number of amides is 1. The maximum absolute atomic E-state index is 12.2. The van der Waals surface area contributed by atoms with Gasteiger partial charge in [0.15, 0.2) is 0 Å². The summed E-state index contributed by atoms with van der Waals surface area (Å²) in [5.41, 5.74) is 2.02. The van der Waals surface area contributed by atoms with Gasteiger partial charge in [0.1, 0.15) is 0 Å². The highest BCUT2D eigenvalue weighted by atomic mass is 16.2. The van der Waals surface area contributed by atoms with Gasteiger partial charge in [-0.25, -0.2) is 0 Å². The van der Waals surface area contributed by atoms with Crippen molar-refractivity contribution in [3.63, 3.8) is 0 Å². The number of hydrogen-bond acceptors (Lipinski definition) is 2. The van der Waals surface area contributed by atoms with Crippen molar-refractivity contribution in [2.75, 3.05) is 6.54 Å². The Labute approximate surface area is 109 Å². The molecule has 1 aromatic carbocycles. The van der Waals surface area contributed by atoms with Gasteiger partial charge in [0.2, 0.25) is 5.91 Å². The van der Waals surface area contributed by atoms with E-state index >= 15 is 0 Å². The summed E-state index contributed by atoms with van der Waals surface area (Å²) in [4.78, 5) is 12.2. The largest absolute Gasteiger partial charge is 0.350 e. The van der Waals surface area contributed by atoms with Gasteiger partial charge in [-0.1, -0.05) is 24.3 Å². The number of carbonyl (C=O) groups is 1. The van der Waals surface area contributed by atoms with Crippen molar-refractivity contribution >= 4 is 5.91 Å². The lowest BCUT2D eigenvalue weighted by atomic mass is 9.90. The third kappa shape index (κ3) is 2.91. The molecule has 18 heavy (non-hydrogen) atoms. The summed E-state index contributed by atoms with van der Waals surface area (Å²) in [6.45, 7) is 5.62. The van der Waals surface area contributed by atoms with E-state index in [1.54, 1.807) is 0 Å². The van der Waals surface area contributed by atoms with Crippen molar-refractivity contribution < 1.29 is 4.79 Å². The van der Waals surface area contributed by atoms with Gasteiger partial charge in [0.25, 0.3) is 0 Å². The molecule has 1 aliphatic heterocycles. The van der Waals surface area contributed by atoms with Gasteiger partial charge in [-0.2, -0.15) is 0 Å². The average molecular weight is 246 g/mol. The van der Waals surface area contributed by atoms with Gasteiger partial charge in [-0.05, 0) is 50.8 Å². The number of rotatable bonds is 3. The smallest absolute Gasteiger partial charge is 0.240 e. The molecule has 2 rings (SSSR count). The van der Waals surface area contributed by atoms with E-state index < -0.39 is 0 Å². The van der Waals surface area contributed by atoms with Crippen molar-refractivity contribution in [1.82, 2.24) is 10.6 Å². The van der Waals surface area contributed by atoms with Crippen LogP contribution in [0.4, 0.5) is 0 Å². The fourth-order valence-corrected chi connectivity index (χ4v) is 2.43. The van der Waals surface area contributed by atoms with Gasteiger partial charge in [-0.15, -0.1) is 0 Å². The van der Waals surface area contributed by atoms with Crippen LogP contribution < -0.4 is 10.6 Å². The molecular weight excluding hydrogens is 224 g/mol. The normalized spacial score (nSPS) is 23.7. The van der Waals surface area contributed by atoms with Crippen molar-refractivity contribution in [2.45, 2.75) is 45.2 Å². The number of piperidine rings is 1. The summed E-state index contributed by atoms with van der Waals surface area (Å²) in [6.07, 6.45) is 3.22. The molecule has 98 valence electrons. The lowest BCUT2D eigenvalue weighted by Crippen LogP contribution is -2.56. The van der Waals surface area contributed by atoms with Crippen molar-refractivity contribution in [3.8, 4) is 0 Å². The van der Waals surface area contributed by atoms with Crippen molar-refractivity contribution in [3.05, 3.63) is 35.4 Å². The Kier molecular flexibility index (Phi) is 4.02. The zero-order chi connectivity index (χ0) is 13.0. The topological polar surface area (TPSA) is 41.1 Å². The first-order chi connectivity index (χ1) is 8.62. The maximum atomic E-state index is 12.2. The van der Waals surface area contributed by atoms with Crippen LogP contribution in [0.2, 0.25) is 0 Å². The van der Waals surface area contributed by atoms with Gasteiger partial charge in [-0.3, -0.25) is 4.79 Å². The molecule has 3 nitrogen and oxygen atoms in total. The van der Waals surface area contributed by atoms with Crippen molar-refractivity contribution in [1.29, 1.82) is 0 Å². The van der Waals surface area contributed by atoms with Gasteiger partial charge in [0.05, 0.1) is 5.54 Å². The van der Waals surface area contributed by atoms with Crippen LogP contribution in [0, 0.1) is 6.92 Å². The Morgan fingerprint density at radius 2 is 2.17 bits per heavy atom. The summed E-state index contributed by atoms with van der Waals surface area (Å²) >= 11 is 0. The summed E-state index contributed by atoms with van der Waals surface area (Å²) in [5, 5.41) is 6.38. The second kappa shape index (κ2) is 5.53. The molecular formula is C15H22N2O. The Balaban J connectivity index is 1.94. The Morgan fingerprint density at radius 3 is 2.83 bits per heavy atom. The molecule has 0 saturated carbocycles. The lowest BCUT2D eigenvalue weighted by molar-refractivity contribution is -0.128. The molecule has 3 heteroatoms. The molecule has 0 radical (unpaired) electrons. The van der Waals surface area contributed by atoms with Gasteiger partial charge >= 0.3 is 0 Å².